The van der Waals surface area contributed by atoms with Crippen LogP contribution in [0.25, 0.3) is 17.1 Å². The summed E-state index contributed by atoms with van der Waals surface area (Å²) in [6, 6.07) is 18.0. The van der Waals surface area contributed by atoms with Crippen LogP contribution in [0.4, 0.5) is 5.69 Å². The zero-order chi connectivity index (χ0) is 20.2. The van der Waals surface area contributed by atoms with Crippen LogP contribution in [0.1, 0.15) is 23.9 Å². The van der Waals surface area contributed by atoms with Crippen LogP contribution in [0, 0.1) is 6.92 Å². The van der Waals surface area contributed by atoms with Crippen molar-refractivity contribution in [1.82, 2.24) is 19.7 Å². The first-order valence-electron chi connectivity index (χ1n) is 9.60. The van der Waals surface area contributed by atoms with Gasteiger partial charge in [0.05, 0.1) is 5.69 Å². The second-order valence-corrected chi connectivity index (χ2v) is 7.20. The molecule has 0 saturated carbocycles. The van der Waals surface area contributed by atoms with Gasteiger partial charge in [-0.15, -0.1) is 5.10 Å². The van der Waals surface area contributed by atoms with Crippen molar-refractivity contribution in [2.45, 2.75) is 26.8 Å². The first-order chi connectivity index (χ1) is 14.2. The smallest absolute Gasteiger partial charge is 0.183 e. The molecule has 5 nitrogen and oxygen atoms in total. The van der Waals surface area contributed by atoms with Gasteiger partial charge in [-0.2, -0.15) is 0 Å². The van der Waals surface area contributed by atoms with E-state index in [1.165, 1.54) is 5.56 Å². The fourth-order valence-corrected chi connectivity index (χ4v) is 3.49. The third-order valence-corrected chi connectivity index (χ3v) is 5.20. The molecule has 0 saturated heterocycles. The van der Waals surface area contributed by atoms with Gasteiger partial charge < -0.3 is 5.32 Å². The lowest BCUT2D eigenvalue weighted by molar-refractivity contribution is 0.802. The molecule has 0 unspecified atom stereocenters. The monoisotopic (exact) mass is 403 g/mol. The van der Waals surface area contributed by atoms with Gasteiger partial charge in [0, 0.05) is 41.6 Å². The Labute approximate surface area is 175 Å². The summed E-state index contributed by atoms with van der Waals surface area (Å²) in [7, 11) is 0. The molecule has 0 aliphatic rings. The Hall–Kier alpha value is -3.18. The molecule has 0 amide bonds. The average molecular weight is 404 g/mol. The Morgan fingerprint density at radius 2 is 1.86 bits per heavy atom. The maximum atomic E-state index is 6.32. The lowest BCUT2D eigenvalue weighted by Crippen LogP contribution is -2.04. The number of hydrogen-bond acceptors (Lipinski definition) is 4. The molecule has 2 aromatic carbocycles. The number of rotatable bonds is 6. The Bertz CT molecular complexity index is 1080. The number of anilines is 1. The first kappa shape index (κ1) is 19.2. The van der Waals surface area contributed by atoms with E-state index >= 15 is 0 Å². The summed E-state index contributed by atoms with van der Waals surface area (Å²) in [6.07, 6.45) is 4.32. The lowest BCUT2D eigenvalue weighted by Gasteiger charge is -2.11. The van der Waals surface area contributed by atoms with Crippen LogP contribution in [0.15, 0.2) is 67.0 Å². The highest BCUT2D eigenvalue weighted by atomic mass is 35.5. The van der Waals surface area contributed by atoms with E-state index in [1.54, 1.807) is 12.4 Å². The van der Waals surface area contributed by atoms with Crippen LogP contribution in [0.3, 0.4) is 0 Å². The molecule has 1 N–H and O–H groups in total. The Balaban J connectivity index is 1.54. The first-order valence-corrected chi connectivity index (χ1v) is 9.98. The number of hydrogen-bond donors (Lipinski definition) is 1. The van der Waals surface area contributed by atoms with Crippen LogP contribution in [0.5, 0.6) is 0 Å². The molecule has 0 bridgehead atoms. The normalized spacial score (nSPS) is 10.9. The van der Waals surface area contributed by atoms with E-state index < -0.39 is 0 Å². The molecule has 6 heteroatoms. The number of nitrogens with one attached hydrogen (secondary N) is 1. The highest BCUT2D eigenvalue weighted by molar-refractivity contribution is 6.31. The minimum Gasteiger partial charge on any atom is -0.381 e. The van der Waals surface area contributed by atoms with E-state index in [4.69, 9.17) is 16.7 Å². The van der Waals surface area contributed by atoms with Crippen LogP contribution < -0.4 is 5.32 Å². The molecule has 0 fully saturated rings. The summed E-state index contributed by atoms with van der Waals surface area (Å²) < 4.78 is 1.89. The van der Waals surface area contributed by atoms with E-state index in [0.717, 1.165) is 39.8 Å². The van der Waals surface area contributed by atoms with Crippen molar-refractivity contribution in [3.8, 4) is 17.1 Å². The van der Waals surface area contributed by atoms with E-state index in [9.17, 15) is 0 Å². The molecule has 4 rings (SSSR count). The van der Waals surface area contributed by atoms with Crippen molar-refractivity contribution in [3.63, 3.8) is 0 Å². The van der Waals surface area contributed by atoms with Gasteiger partial charge in [-0.25, -0.2) is 9.67 Å². The van der Waals surface area contributed by atoms with Gasteiger partial charge in [-0.05, 0) is 60.5 Å². The van der Waals surface area contributed by atoms with Crippen LogP contribution >= 0.6 is 11.6 Å². The van der Waals surface area contributed by atoms with E-state index in [1.807, 2.05) is 53.2 Å². The van der Waals surface area contributed by atoms with Crippen molar-refractivity contribution >= 4 is 17.3 Å². The fourth-order valence-electron chi connectivity index (χ4n) is 3.20. The number of pyridine rings is 1. The largest absolute Gasteiger partial charge is 0.381 e. The second kappa shape index (κ2) is 8.45. The molecule has 0 aliphatic heterocycles. The number of benzene rings is 2. The number of halogens is 1. The minimum absolute atomic E-state index is 0.680. The highest BCUT2D eigenvalue weighted by Gasteiger charge is 2.12. The molecule has 4 aromatic rings. The number of aromatic nitrogens is 4. The van der Waals surface area contributed by atoms with Gasteiger partial charge >= 0.3 is 0 Å². The third kappa shape index (κ3) is 4.15. The summed E-state index contributed by atoms with van der Waals surface area (Å²) in [4.78, 5) is 8.84. The van der Waals surface area contributed by atoms with Crippen LogP contribution in [0.2, 0.25) is 5.02 Å². The van der Waals surface area contributed by atoms with Crippen molar-refractivity contribution < 1.29 is 0 Å². The minimum atomic E-state index is 0.680. The maximum absolute atomic E-state index is 6.32. The van der Waals surface area contributed by atoms with Gasteiger partial charge in [0.15, 0.2) is 5.82 Å². The Kier molecular flexibility index (Phi) is 5.58. The predicted molar refractivity (Wildman–Crippen MR) is 117 cm³/mol. The molecule has 2 aromatic heterocycles. The molecule has 0 radical (unpaired) electrons. The van der Waals surface area contributed by atoms with Gasteiger partial charge in [0.1, 0.15) is 5.82 Å². The maximum Gasteiger partial charge on any atom is 0.183 e. The van der Waals surface area contributed by atoms with Crippen LogP contribution in [-0.2, 0) is 13.0 Å². The van der Waals surface area contributed by atoms with Gasteiger partial charge in [-0.3, -0.25) is 4.98 Å². The molecule has 0 spiro atoms. The predicted octanol–water partition coefficient (Wildman–Crippen LogP) is 5.47. The Morgan fingerprint density at radius 3 is 2.55 bits per heavy atom. The van der Waals surface area contributed by atoms with Crippen LogP contribution in [-0.4, -0.2) is 19.7 Å². The number of nitrogens with zero attached hydrogens (tertiary/aromatic N) is 4. The number of aryl methyl sites for hydroxylation is 2. The summed E-state index contributed by atoms with van der Waals surface area (Å²) in [6.45, 7) is 4.83. The van der Waals surface area contributed by atoms with E-state index in [-0.39, 0.29) is 0 Å². The third-order valence-electron chi connectivity index (χ3n) is 4.84. The summed E-state index contributed by atoms with van der Waals surface area (Å²) >= 11 is 6.32. The molecular weight excluding hydrogens is 382 g/mol. The van der Waals surface area contributed by atoms with Crippen molar-refractivity contribution in [2.75, 3.05) is 5.32 Å². The summed E-state index contributed by atoms with van der Waals surface area (Å²) in [5, 5.41) is 8.92. The summed E-state index contributed by atoms with van der Waals surface area (Å²) in [5.74, 6) is 1.60. The molecule has 29 heavy (non-hydrogen) atoms. The van der Waals surface area contributed by atoms with Crippen molar-refractivity contribution in [1.29, 1.82) is 0 Å². The molecule has 0 atom stereocenters. The Morgan fingerprint density at radius 1 is 1.03 bits per heavy atom. The standard InChI is InChI=1S/C23H22ClN5/c1-3-22-27-23(17-7-5-13-25-14-17)28-29(22)19-11-9-18(10-12-19)26-15-20-16(2)6-4-8-21(20)24/h4-14,26H,3,15H2,1-2H3. The van der Waals surface area contributed by atoms with Gasteiger partial charge in [0.25, 0.3) is 0 Å². The zero-order valence-corrected chi connectivity index (χ0v) is 17.2. The molecule has 146 valence electrons. The fraction of sp³-hybridized carbons (Fsp3) is 0.174. The molecular formula is C23H22ClN5. The molecule has 0 aliphatic carbocycles. The quantitative estimate of drug-likeness (QED) is 0.464. The topological polar surface area (TPSA) is 55.6 Å². The lowest BCUT2D eigenvalue weighted by atomic mass is 10.1. The summed E-state index contributed by atoms with van der Waals surface area (Å²) in [5.41, 5.74) is 5.21. The highest BCUT2D eigenvalue weighted by Crippen LogP contribution is 2.22. The average Bonchev–Trinajstić information content (AvgIpc) is 3.19. The van der Waals surface area contributed by atoms with Gasteiger partial charge in [0.2, 0.25) is 0 Å². The van der Waals surface area contributed by atoms with Crippen molar-refractivity contribution in [3.05, 3.63) is 89.0 Å². The second-order valence-electron chi connectivity index (χ2n) is 6.79. The SMILES string of the molecule is CCc1nc(-c2cccnc2)nn1-c1ccc(NCc2c(C)cccc2Cl)cc1. The van der Waals surface area contributed by atoms with Crippen molar-refractivity contribution in [2.24, 2.45) is 0 Å². The van der Waals surface area contributed by atoms with E-state index in [2.05, 4.69) is 35.2 Å². The molecule has 2 heterocycles. The van der Waals surface area contributed by atoms with Gasteiger partial charge in [-0.1, -0.05) is 30.7 Å². The van der Waals surface area contributed by atoms with E-state index in [0.29, 0.717) is 12.4 Å². The zero-order valence-electron chi connectivity index (χ0n) is 16.4.